The van der Waals surface area contributed by atoms with E-state index in [0.717, 1.165) is 73.0 Å². The van der Waals surface area contributed by atoms with Gasteiger partial charge in [0, 0.05) is 35.4 Å². The number of rotatable bonds is 8. The van der Waals surface area contributed by atoms with Crippen LogP contribution >= 0.6 is 0 Å². The predicted molar refractivity (Wildman–Crippen MR) is 284 cm³/mol. The summed E-state index contributed by atoms with van der Waals surface area (Å²) in [5.41, 5.74) is 13.0. The fourth-order valence-electron chi connectivity index (χ4n) is 9.80. The van der Waals surface area contributed by atoms with Crippen molar-refractivity contribution in [2.45, 2.75) is 50.8 Å². The first-order valence-corrected chi connectivity index (χ1v) is 24.8. The minimum absolute atomic E-state index is 0.0263. The van der Waals surface area contributed by atoms with Crippen LogP contribution < -0.4 is 9.67 Å². The lowest BCUT2D eigenvalue weighted by Crippen LogP contribution is -2.37. The number of nitrogens with zero attached hydrogens (tertiary/aromatic N) is 2. The summed E-state index contributed by atoms with van der Waals surface area (Å²) in [5, 5.41) is 15.5. The van der Waals surface area contributed by atoms with Crippen molar-refractivity contribution in [1.82, 2.24) is 4.98 Å². The van der Waals surface area contributed by atoms with E-state index in [2.05, 4.69) is 138 Å². The van der Waals surface area contributed by atoms with E-state index in [1.54, 1.807) is 0 Å². The predicted octanol–water partition coefficient (Wildman–Crippen LogP) is 14.2. The molecule has 2 aromatic heterocycles. The van der Waals surface area contributed by atoms with Gasteiger partial charge in [-0.25, -0.2) is 0 Å². The highest BCUT2D eigenvalue weighted by Gasteiger charge is 2.32. The summed E-state index contributed by atoms with van der Waals surface area (Å²) in [6.45, 7) is 0.345. The van der Waals surface area contributed by atoms with Gasteiger partial charge < -0.3 is 24.1 Å². The normalized spacial score (nSPS) is 17.5. The van der Waals surface area contributed by atoms with Gasteiger partial charge in [-0.3, -0.25) is 4.98 Å². The molecule has 358 valence electrons. The molecule has 11 rings (SSSR count). The molecule has 0 aliphatic carbocycles. The fraction of sp³-hybridized carbons (Fsp3) is 0.121. The van der Waals surface area contributed by atoms with Crippen LogP contribution in [0.15, 0.2) is 255 Å². The molecule has 0 fully saturated rings. The Morgan fingerprint density at radius 1 is 0.329 bits per heavy atom. The van der Waals surface area contributed by atoms with Gasteiger partial charge in [0.05, 0.1) is 37.8 Å². The third kappa shape index (κ3) is 10.8. The summed E-state index contributed by atoms with van der Waals surface area (Å²) >= 11 is 0. The Kier molecular flexibility index (Phi) is 14.4. The molecule has 0 radical (unpaired) electrons. The molecule has 0 saturated carbocycles. The molecule has 10 aromatic rings. The summed E-state index contributed by atoms with van der Waals surface area (Å²) in [5.74, 6) is -0.166. The molecule has 4 bridgehead atoms. The average molecular weight is 955 g/mol. The van der Waals surface area contributed by atoms with E-state index in [-0.39, 0.29) is 32.2 Å². The van der Waals surface area contributed by atoms with Gasteiger partial charge >= 0.3 is 0 Å². The maximum atomic E-state index is 15.5. The van der Waals surface area contributed by atoms with E-state index in [1.807, 2.05) is 121 Å². The number of hydrogen-bond donors (Lipinski definition) is 0. The van der Waals surface area contributed by atoms with E-state index in [9.17, 15) is 0 Å². The highest BCUT2D eigenvalue weighted by atomic mass is 16.5. The number of benzene rings is 8. The van der Waals surface area contributed by atoms with Crippen LogP contribution in [-0.4, -0.2) is 4.98 Å². The maximum absolute atomic E-state index is 15.5. The molecular formula is C66H54N2O5. The Labute approximate surface area is 427 Å². The highest BCUT2D eigenvalue weighted by Crippen LogP contribution is 2.41. The first-order chi connectivity index (χ1) is 36.1. The number of hydrogen-bond acceptors (Lipinski definition) is 6. The molecule has 73 heavy (non-hydrogen) atoms. The van der Waals surface area contributed by atoms with Crippen molar-refractivity contribution in [2.24, 2.45) is 0 Å². The zero-order chi connectivity index (χ0) is 49.2. The molecule has 3 heterocycles. The second-order valence-electron chi connectivity index (χ2n) is 18.2. The first-order valence-electron chi connectivity index (χ1n) is 24.8. The number of fused-ring (bicyclic) bond motifs is 4. The minimum atomic E-state index is -0.622. The summed E-state index contributed by atoms with van der Waals surface area (Å²) in [6.07, 6.45) is -2.39. The van der Waals surface area contributed by atoms with Gasteiger partial charge in [0.15, 0.2) is 0 Å². The molecule has 0 saturated heterocycles. The fourth-order valence-corrected chi connectivity index (χ4v) is 9.80. The van der Waals surface area contributed by atoms with Crippen LogP contribution in [0.3, 0.4) is 0 Å². The van der Waals surface area contributed by atoms with Gasteiger partial charge in [0.1, 0.15) is 24.4 Å². The van der Waals surface area contributed by atoms with E-state index >= 15 is 5.11 Å². The van der Waals surface area contributed by atoms with Gasteiger partial charge in [0.25, 0.3) is 0 Å². The number of pyridine rings is 2. The number of aromatic nitrogens is 2. The van der Waals surface area contributed by atoms with E-state index in [4.69, 9.17) is 23.9 Å². The van der Waals surface area contributed by atoms with Crippen LogP contribution in [-0.2, 0) is 45.4 Å². The number of ether oxygens (including phenoxy) is 4. The zero-order valence-electron chi connectivity index (χ0n) is 40.3. The summed E-state index contributed by atoms with van der Waals surface area (Å²) < 4.78 is 30.5. The lowest BCUT2D eigenvalue weighted by molar-refractivity contribution is -0.572. The Morgan fingerprint density at radius 2 is 0.644 bits per heavy atom. The Balaban J connectivity index is 1.13. The largest absolute Gasteiger partial charge is 0.872 e. The third-order valence-corrected chi connectivity index (χ3v) is 13.4. The lowest BCUT2D eigenvalue weighted by Gasteiger charge is -2.31. The summed E-state index contributed by atoms with van der Waals surface area (Å²) in [7, 11) is 0. The molecule has 4 atom stereocenters. The second-order valence-corrected chi connectivity index (χ2v) is 18.2. The summed E-state index contributed by atoms with van der Waals surface area (Å²) in [4.78, 5) is 5.06. The van der Waals surface area contributed by atoms with Crippen LogP contribution in [0, 0.1) is 0 Å². The van der Waals surface area contributed by atoms with E-state index in [0.29, 0.717) is 11.1 Å². The van der Waals surface area contributed by atoms with Crippen molar-refractivity contribution in [3.63, 3.8) is 0 Å². The first kappa shape index (κ1) is 47.0. The molecule has 7 nitrogen and oxygen atoms in total. The maximum Gasteiger partial charge on any atom is 0.219 e. The van der Waals surface area contributed by atoms with Crippen molar-refractivity contribution < 1.29 is 28.6 Å². The van der Waals surface area contributed by atoms with Gasteiger partial charge in [-0.15, -0.1) is 0 Å². The van der Waals surface area contributed by atoms with Crippen molar-refractivity contribution in [2.75, 3.05) is 0 Å². The van der Waals surface area contributed by atoms with Crippen molar-refractivity contribution in [3.8, 4) is 45.1 Å². The molecule has 0 spiro atoms. The Bertz CT molecular complexity index is 3170. The molecular weight excluding hydrogens is 901 g/mol. The van der Waals surface area contributed by atoms with Crippen LogP contribution in [0.25, 0.3) is 39.3 Å². The van der Waals surface area contributed by atoms with E-state index < -0.39 is 24.4 Å². The molecule has 1 aliphatic rings. The van der Waals surface area contributed by atoms with Gasteiger partial charge in [-0.05, 0) is 80.9 Å². The summed E-state index contributed by atoms with van der Waals surface area (Å²) in [6, 6.07) is 86.2. The topological polar surface area (TPSA) is 76.8 Å². The molecule has 7 heteroatoms. The molecule has 0 amide bonds. The third-order valence-electron chi connectivity index (χ3n) is 13.4. The monoisotopic (exact) mass is 954 g/mol. The molecule has 0 N–H and O–H groups in total. The van der Waals surface area contributed by atoms with Crippen molar-refractivity contribution >= 4 is 0 Å². The SMILES string of the molecule is [O-]c1c2cc(-[n+]3c(-c4ccccc4)cc(-c4ccccc4)cc3-c3ccccc3)cc1CO[C@H](c1ccccc1)C(c1ccccc1)OCc1cccc(n1)CO[C@H](c1ccccc1)C(c1ccccc1)OC2. The quantitative estimate of drug-likeness (QED) is 0.141. The smallest absolute Gasteiger partial charge is 0.219 e. The Morgan fingerprint density at radius 3 is 1.00 bits per heavy atom. The van der Waals surface area contributed by atoms with Crippen molar-refractivity contribution in [1.29, 1.82) is 0 Å². The van der Waals surface area contributed by atoms with Crippen molar-refractivity contribution in [3.05, 3.63) is 300 Å². The molecule has 2 unspecified atom stereocenters. The van der Waals surface area contributed by atoms with E-state index in [1.165, 1.54) is 0 Å². The lowest BCUT2D eigenvalue weighted by atomic mass is 9.97. The van der Waals surface area contributed by atoms with Crippen LogP contribution in [0.4, 0.5) is 0 Å². The van der Waals surface area contributed by atoms with Crippen LogP contribution in [0.2, 0.25) is 0 Å². The van der Waals surface area contributed by atoms with Crippen LogP contribution in [0.5, 0.6) is 5.75 Å². The standard InChI is InChI=1S/C66H54N2O5/c69-62-55-39-59(68-60(48-25-10-2-11-26-48)41-54(47-23-8-1-9-24-47)42-61(68)49-27-12-3-13-28-49)40-56(62)44-71-64(51-31-16-5-17-32-51)66(53-35-20-7-21-36-53)73-46-58-38-22-37-57(67-58)45-72-65(52-33-18-6-19-34-52)63(70-43-55)50-29-14-4-15-30-50/h1-42,63-66H,43-46H2/t63-,64?,65?,66-/m1/s1. The zero-order valence-corrected chi connectivity index (χ0v) is 40.3. The minimum Gasteiger partial charge on any atom is -0.872 e. The average Bonchev–Trinajstić information content (AvgIpc) is 3.46. The molecule has 1 aliphatic heterocycles. The van der Waals surface area contributed by atoms with Gasteiger partial charge in [-0.2, -0.15) is 4.57 Å². The van der Waals surface area contributed by atoms with Gasteiger partial charge in [-0.1, -0.05) is 200 Å². The Hall–Kier alpha value is -8.30. The van der Waals surface area contributed by atoms with Crippen LogP contribution in [0.1, 0.15) is 69.2 Å². The second kappa shape index (κ2) is 22.4. The molecule has 8 aromatic carbocycles. The van der Waals surface area contributed by atoms with Gasteiger partial charge in [0.2, 0.25) is 17.1 Å². The highest BCUT2D eigenvalue weighted by molar-refractivity contribution is 5.74.